The number of allylic oxidation sites excluding steroid dienone is 2. The van der Waals surface area contributed by atoms with E-state index in [1.807, 2.05) is 0 Å². The number of alkyl halides is 3. The number of nitrogens with zero attached hydrogens (tertiary/aromatic N) is 1. The van der Waals surface area contributed by atoms with Crippen LogP contribution < -0.4 is 5.32 Å². The highest BCUT2D eigenvalue weighted by Crippen LogP contribution is 2.35. The minimum Gasteiger partial charge on any atom is -0.365 e. The van der Waals surface area contributed by atoms with Crippen LogP contribution in [0.25, 0.3) is 0 Å². The number of hydrogen-bond donors (Lipinski definition) is 1. The molecule has 1 N–H and O–H groups in total. The lowest BCUT2D eigenvalue weighted by molar-refractivity contribution is -0.0888. The van der Waals surface area contributed by atoms with Crippen molar-refractivity contribution in [3.05, 3.63) is 22.8 Å². The predicted octanol–water partition coefficient (Wildman–Crippen LogP) is 2.37. The third-order valence-corrected chi connectivity index (χ3v) is 2.64. The molecule has 1 heterocycles. The fourth-order valence-corrected chi connectivity index (χ4v) is 1.97. The van der Waals surface area contributed by atoms with Gasteiger partial charge in [-0.25, -0.2) is 0 Å². The second kappa shape index (κ2) is 3.27. The van der Waals surface area contributed by atoms with Gasteiger partial charge in [-0.3, -0.25) is 4.99 Å². The molecule has 0 saturated heterocycles. The van der Waals surface area contributed by atoms with Gasteiger partial charge in [0.2, 0.25) is 0 Å². The van der Waals surface area contributed by atoms with Crippen LogP contribution in [0.3, 0.4) is 0 Å². The predicted molar refractivity (Wildman–Crippen MR) is 51.9 cm³/mol. The van der Waals surface area contributed by atoms with E-state index in [1.165, 1.54) is 0 Å². The number of rotatable bonds is 0. The van der Waals surface area contributed by atoms with Crippen molar-refractivity contribution >= 4 is 17.4 Å². The zero-order valence-corrected chi connectivity index (χ0v) is 8.52. The van der Waals surface area contributed by atoms with E-state index in [1.54, 1.807) is 6.92 Å². The molecule has 0 radical (unpaired) electrons. The highest BCUT2D eigenvalue weighted by atomic mass is 35.5. The summed E-state index contributed by atoms with van der Waals surface area (Å²) in [7, 11) is 0. The first-order valence-electron chi connectivity index (χ1n) is 4.35. The van der Waals surface area contributed by atoms with E-state index < -0.39 is 23.8 Å². The summed E-state index contributed by atoms with van der Waals surface area (Å²) in [6, 6.07) is -0.878. The highest BCUT2D eigenvalue weighted by Gasteiger charge is 2.39. The van der Waals surface area contributed by atoms with E-state index in [0.29, 0.717) is 5.84 Å². The lowest BCUT2D eigenvalue weighted by Crippen LogP contribution is -2.35. The van der Waals surface area contributed by atoms with Crippen molar-refractivity contribution in [1.82, 2.24) is 5.32 Å². The SMILES string of the molecule is CC1=NC2C(Cl)=CC(C(F)(F)F)=CC2N1. The number of hydrogen-bond acceptors (Lipinski definition) is 2. The number of nitrogens with one attached hydrogen (secondary N) is 1. The molecule has 0 aromatic carbocycles. The number of halogens is 4. The fraction of sp³-hybridized carbons (Fsp3) is 0.444. The zero-order valence-electron chi connectivity index (χ0n) is 7.77. The monoisotopic (exact) mass is 236 g/mol. The minimum atomic E-state index is -4.36. The molecule has 1 aliphatic heterocycles. The Labute approximate surface area is 89.5 Å². The van der Waals surface area contributed by atoms with Gasteiger partial charge < -0.3 is 5.32 Å². The van der Waals surface area contributed by atoms with Gasteiger partial charge in [-0.05, 0) is 19.1 Å². The van der Waals surface area contributed by atoms with Crippen LogP contribution in [-0.4, -0.2) is 24.1 Å². The van der Waals surface area contributed by atoms with Crippen molar-refractivity contribution in [2.75, 3.05) is 0 Å². The molecule has 0 spiro atoms. The maximum absolute atomic E-state index is 12.4. The van der Waals surface area contributed by atoms with Crippen LogP contribution in [0.5, 0.6) is 0 Å². The largest absolute Gasteiger partial charge is 0.416 e. The standard InChI is InChI=1S/C9H8ClF3N2/c1-4-14-7-3-5(9(11,12)13)2-6(10)8(7)15-4/h2-3,7-8H,1H3,(H,14,15). The van der Waals surface area contributed by atoms with E-state index >= 15 is 0 Å². The summed E-state index contributed by atoms with van der Waals surface area (Å²) in [6.07, 6.45) is -2.30. The molecule has 2 nitrogen and oxygen atoms in total. The van der Waals surface area contributed by atoms with Crippen molar-refractivity contribution in [3.8, 4) is 0 Å². The molecule has 0 amide bonds. The van der Waals surface area contributed by atoms with Crippen LogP contribution in [0.4, 0.5) is 13.2 Å². The molecule has 0 aromatic rings. The van der Waals surface area contributed by atoms with Crippen molar-refractivity contribution in [2.45, 2.75) is 25.2 Å². The second-order valence-electron chi connectivity index (χ2n) is 3.48. The third kappa shape index (κ3) is 1.88. The van der Waals surface area contributed by atoms with Gasteiger partial charge in [-0.2, -0.15) is 13.2 Å². The molecule has 82 valence electrons. The average Bonchev–Trinajstić information content (AvgIpc) is 2.44. The molecule has 1 aliphatic carbocycles. The molecule has 2 aliphatic rings. The van der Waals surface area contributed by atoms with Crippen LogP contribution in [0.1, 0.15) is 6.92 Å². The summed E-state index contributed by atoms with van der Waals surface area (Å²) < 4.78 is 37.3. The van der Waals surface area contributed by atoms with E-state index in [2.05, 4.69) is 10.3 Å². The molecule has 6 heteroatoms. The molecular formula is C9H8ClF3N2. The molecule has 2 unspecified atom stereocenters. The Morgan fingerprint density at radius 3 is 2.73 bits per heavy atom. The lowest BCUT2D eigenvalue weighted by atomic mass is 9.99. The van der Waals surface area contributed by atoms with Crippen molar-refractivity contribution in [1.29, 1.82) is 0 Å². The molecule has 15 heavy (non-hydrogen) atoms. The maximum Gasteiger partial charge on any atom is 0.416 e. The maximum atomic E-state index is 12.4. The quantitative estimate of drug-likeness (QED) is 0.686. The zero-order chi connectivity index (χ0) is 11.2. The van der Waals surface area contributed by atoms with Crippen LogP contribution in [0.15, 0.2) is 27.7 Å². The second-order valence-corrected chi connectivity index (χ2v) is 3.91. The van der Waals surface area contributed by atoms with Gasteiger partial charge in [0.25, 0.3) is 0 Å². The van der Waals surface area contributed by atoms with Crippen molar-refractivity contribution < 1.29 is 13.2 Å². The molecule has 0 aromatic heterocycles. The van der Waals surface area contributed by atoms with Gasteiger partial charge in [0.15, 0.2) is 0 Å². The lowest BCUT2D eigenvalue weighted by Gasteiger charge is -2.22. The van der Waals surface area contributed by atoms with E-state index in [0.717, 1.165) is 12.2 Å². The smallest absolute Gasteiger partial charge is 0.365 e. The normalized spacial score (nSPS) is 30.1. The van der Waals surface area contributed by atoms with Gasteiger partial charge in [-0.15, -0.1) is 0 Å². The topological polar surface area (TPSA) is 24.4 Å². The molecule has 0 saturated carbocycles. The molecular weight excluding hydrogens is 229 g/mol. The first-order valence-corrected chi connectivity index (χ1v) is 4.73. The van der Waals surface area contributed by atoms with Gasteiger partial charge in [0.05, 0.1) is 17.5 Å². The summed E-state index contributed by atoms with van der Waals surface area (Å²) in [6.45, 7) is 1.70. The molecule has 2 rings (SSSR count). The first-order chi connectivity index (χ1) is 6.88. The summed E-state index contributed by atoms with van der Waals surface area (Å²) in [5.41, 5.74) is -0.717. The van der Waals surface area contributed by atoms with Crippen LogP contribution in [0, 0.1) is 0 Å². The summed E-state index contributed by atoms with van der Waals surface area (Å²) in [5.74, 6) is 0.608. The average molecular weight is 237 g/mol. The molecule has 0 fully saturated rings. The minimum absolute atomic E-state index is 0.124. The Hall–Kier alpha value is -0.970. The van der Waals surface area contributed by atoms with Crippen molar-refractivity contribution in [3.63, 3.8) is 0 Å². The Bertz CT molecular complexity index is 381. The van der Waals surface area contributed by atoms with E-state index in [-0.39, 0.29) is 5.03 Å². The molecule has 2 atom stereocenters. The van der Waals surface area contributed by atoms with E-state index in [9.17, 15) is 13.2 Å². The number of amidine groups is 1. The highest BCUT2D eigenvalue weighted by molar-refractivity contribution is 6.31. The molecule has 0 bridgehead atoms. The summed E-state index contributed by atoms with van der Waals surface area (Å²) in [5, 5.41) is 2.96. The summed E-state index contributed by atoms with van der Waals surface area (Å²) in [4.78, 5) is 4.10. The van der Waals surface area contributed by atoms with Gasteiger partial charge in [0.1, 0.15) is 6.04 Å². The van der Waals surface area contributed by atoms with Crippen LogP contribution in [-0.2, 0) is 0 Å². The summed E-state index contributed by atoms with van der Waals surface area (Å²) >= 11 is 5.76. The Balaban J connectivity index is 2.33. The van der Waals surface area contributed by atoms with Crippen molar-refractivity contribution in [2.24, 2.45) is 4.99 Å². The number of aliphatic imine (C=N–C) groups is 1. The van der Waals surface area contributed by atoms with Crippen LogP contribution >= 0.6 is 11.6 Å². The third-order valence-electron chi connectivity index (χ3n) is 2.31. The van der Waals surface area contributed by atoms with Gasteiger partial charge >= 0.3 is 6.18 Å². The Morgan fingerprint density at radius 2 is 2.13 bits per heavy atom. The first kappa shape index (κ1) is 10.5. The Kier molecular flexibility index (Phi) is 2.30. The van der Waals surface area contributed by atoms with Gasteiger partial charge in [0, 0.05) is 5.03 Å². The number of fused-ring (bicyclic) bond motifs is 1. The fourth-order valence-electron chi connectivity index (χ4n) is 1.66. The van der Waals surface area contributed by atoms with Crippen LogP contribution in [0.2, 0.25) is 0 Å². The van der Waals surface area contributed by atoms with Gasteiger partial charge in [-0.1, -0.05) is 11.6 Å². The van der Waals surface area contributed by atoms with E-state index in [4.69, 9.17) is 11.6 Å². The Morgan fingerprint density at radius 1 is 1.47 bits per heavy atom.